The largest absolute Gasteiger partial charge is 0.352 e. The molecule has 0 radical (unpaired) electrons. The van der Waals surface area contributed by atoms with Gasteiger partial charge in [0.25, 0.3) is 0 Å². The molecule has 0 rings (SSSR count). The molecule has 0 spiro atoms. The molecule has 0 aliphatic heterocycles. The van der Waals surface area contributed by atoms with Gasteiger partial charge in [-0.1, -0.05) is 13.8 Å². The summed E-state index contributed by atoms with van der Waals surface area (Å²) in [5.74, 6) is 0. The molecular weight excluding hydrogens is 123 g/mol. The lowest BCUT2D eigenvalue weighted by molar-refractivity contribution is 0.204. The Labute approximate surface area is 52.2 Å². The molecule has 0 aromatic rings. The zero-order valence-corrected chi connectivity index (χ0v) is 6.35. The summed E-state index contributed by atoms with van der Waals surface area (Å²) < 4.78 is 4.92. The lowest BCUT2D eigenvalue weighted by atomic mass is 10.2. The number of rotatable bonds is 4. The van der Waals surface area contributed by atoms with Gasteiger partial charge in [0, 0.05) is 0 Å². The van der Waals surface area contributed by atoms with Gasteiger partial charge in [0.05, 0.1) is 6.10 Å². The van der Waals surface area contributed by atoms with Crippen LogP contribution in [0.15, 0.2) is 0 Å². The van der Waals surface area contributed by atoms with Crippen LogP contribution < -0.4 is 0 Å². The molecule has 1 atom stereocenters. The van der Waals surface area contributed by atoms with Gasteiger partial charge in [-0.25, -0.2) is 0 Å². The molecule has 0 aliphatic carbocycles. The predicted octanol–water partition coefficient (Wildman–Crippen LogP) is 1.69. The first-order chi connectivity index (χ1) is 3.85. The summed E-state index contributed by atoms with van der Waals surface area (Å²) in [5.41, 5.74) is 0. The summed E-state index contributed by atoms with van der Waals surface area (Å²) in [5, 5.41) is 0. The molecule has 50 valence electrons. The molecule has 0 bridgehead atoms. The predicted molar refractivity (Wildman–Crippen MR) is 36.0 cm³/mol. The van der Waals surface area contributed by atoms with Gasteiger partial charge >= 0.3 is 0 Å². The summed E-state index contributed by atoms with van der Waals surface area (Å²) in [4.78, 5) is 8.30. The summed E-state index contributed by atoms with van der Waals surface area (Å²) in [6.07, 6.45) is 2.24. The first-order valence-electron chi connectivity index (χ1n) is 2.89. The minimum absolute atomic E-state index is 0.262. The van der Waals surface area contributed by atoms with E-state index in [1.54, 1.807) is 0 Å². The van der Waals surface area contributed by atoms with E-state index in [1.165, 1.54) is 0 Å². The van der Waals surface area contributed by atoms with Crippen molar-refractivity contribution in [2.75, 3.05) is 0 Å². The van der Waals surface area contributed by atoms with Crippen molar-refractivity contribution in [1.29, 1.82) is 0 Å². The molecule has 0 heterocycles. The van der Waals surface area contributed by atoms with Crippen LogP contribution in [0.3, 0.4) is 0 Å². The van der Waals surface area contributed by atoms with Crippen LogP contribution in [0.1, 0.15) is 26.7 Å². The van der Waals surface area contributed by atoms with Crippen LogP contribution in [0.25, 0.3) is 0 Å². The van der Waals surface area contributed by atoms with Gasteiger partial charge < -0.3 is 9.42 Å². The molecule has 8 heavy (non-hydrogen) atoms. The van der Waals surface area contributed by atoms with E-state index in [4.69, 9.17) is 9.42 Å². The smallest absolute Gasteiger partial charge is 0.152 e. The van der Waals surface area contributed by atoms with Gasteiger partial charge in [-0.2, -0.15) is 0 Å². The van der Waals surface area contributed by atoms with E-state index < -0.39 is 0 Å². The number of hydrogen-bond donors (Lipinski definition) is 1. The topological polar surface area (TPSA) is 29.5 Å². The standard InChI is InChI=1S/C5H13O2P/c1-3-5(4-2)7-8-6/h5-6,8H,3-4H2,1-2H3. The second kappa shape index (κ2) is 5.49. The Kier molecular flexibility index (Phi) is 5.73. The maximum absolute atomic E-state index is 8.30. The van der Waals surface area contributed by atoms with Crippen molar-refractivity contribution in [3.63, 3.8) is 0 Å². The Bertz CT molecular complexity index is 45.7. The van der Waals surface area contributed by atoms with E-state index in [9.17, 15) is 0 Å². The second-order valence-corrected chi connectivity index (χ2v) is 2.07. The van der Waals surface area contributed by atoms with E-state index in [-0.39, 0.29) is 15.1 Å². The molecule has 0 saturated heterocycles. The molecular formula is C5H13O2P. The van der Waals surface area contributed by atoms with Crippen molar-refractivity contribution >= 4 is 9.03 Å². The minimum Gasteiger partial charge on any atom is -0.352 e. The molecule has 3 heteroatoms. The van der Waals surface area contributed by atoms with Gasteiger partial charge in [-0.05, 0) is 12.8 Å². The highest BCUT2D eigenvalue weighted by Gasteiger charge is 1.99. The van der Waals surface area contributed by atoms with Crippen LogP contribution >= 0.6 is 9.03 Å². The van der Waals surface area contributed by atoms with E-state index in [0.717, 1.165) is 12.8 Å². The summed E-state index contributed by atoms with van der Waals surface area (Å²) >= 11 is 0. The molecule has 0 amide bonds. The summed E-state index contributed by atoms with van der Waals surface area (Å²) in [6, 6.07) is 0. The second-order valence-electron chi connectivity index (χ2n) is 1.65. The van der Waals surface area contributed by atoms with Crippen LogP contribution in [0, 0.1) is 0 Å². The van der Waals surface area contributed by atoms with Gasteiger partial charge in [-0.15, -0.1) is 0 Å². The molecule has 0 fully saturated rings. The molecule has 2 nitrogen and oxygen atoms in total. The Hall–Kier alpha value is 0.350. The summed E-state index contributed by atoms with van der Waals surface area (Å²) in [6.45, 7) is 4.10. The molecule has 0 aromatic heterocycles. The fraction of sp³-hybridized carbons (Fsp3) is 1.00. The van der Waals surface area contributed by atoms with Crippen molar-refractivity contribution < 1.29 is 9.42 Å². The van der Waals surface area contributed by atoms with E-state index in [1.807, 2.05) is 13.8 Å². The first-order valence-corrected chi connectivity index (χ1v) is 3.75. The van der Waals surface area contributed by atoms with Crippen LogP contribution in [-0.4, -0.2) is 11.0 Å². The summed E-state index contributed by atoms with van der Waals surface area (Å²) in [7, 11) is -0.348. The zero-order chi connectivity index (χ0) is 6.41. The van der Waals surface area contributed by atoms with Crippen LogP contribution in [-0.2, 0) is 4.52 Å². The fourth-order valence-corrected chi connectivity index (χ4v) is 1.01. The Morgan fingerprint density at radius 1 is 1.50 bits per heavy atom. The lowest BCUT2D eigenvalue weighted by Crippen LogP contribution is -2.03. The van der Waals surface area contributed by atoms with Crippen molar-refractivity contribution in [2.45, 2.75) is 32.8 Å². The third-order valence-electron chi connectivity index (χ3n) is 1.13. The Morgan fingerprint density at radius 2 is 2.00 bits per heavy atom. The Balaban J connectivity index is 3.07. The maximum Gasteiger partial charge on any atom is 0.152 e. The average molecular weight is 136 g/mol. The highest BCUT2D eigenvalue weighted by molar-refractivity contribution is 7.25. The molecule has 0 aromatic carbocycles. The Morgan fingerprint density at radius 3 is 2.12 bits per heavy atom. The average Bonchev–Trinajstić information content (AvgIpc) is 1.83. The first kappa shape index (κ1) is 8.35. The van der Waals surface area contributed by atoms with Crippen molar-refractivity contribution in [3.05, 3.63) is 0 Å². The molecule has 1 N–H and O–H groups in total. The minimum atomic E-state index is -0.348. The van der Waals surface area contributed by atoms with Crippen LogP contribution in [0.2, 0.25) is 0 Å². The van der Waals surface area contributed by atoms with E-state index >= 15 is 0 Å². The third kappa shape index (κ3) is 3.36. The monoisotopic (exact) mass is 136 g/mol. The highest BCUT2D eigenvalue weighted by Crippen LogP contribution is 2.13. The van der Waals surface area contributed by atoms with Crippen LogP contribution in [0.5, 0.6) is 0 Å². The van der Waals surface area contributed by atoms with Gasteiger partial charge in [-0.3, -0.25) is 0 Å². The van der Waals surface area contributed by atoms with Crippen molar-refractivity contribution in [1.82, 2.24) is 0 Å². The highest BCUT2D eigenvalue weighted by atomic mass is 31.1. The van der Waals surface area contributed by atoms with Gasteiger partial charge in [0.15, 0.2) is 9.03 Å². The molecule has 1 unspecified atom stereocenters. The SMILES string of the molecule is CCC(CC)OPO. The number of hydrogen-bond acceptors (Lipinski definition) is 2. The van der Waals surface area contributed by atoms with Crippen molar-refractivity contribution in [3.8, 4) is 0 Å². The van der Waals surface area contributed by atoms with Crippen LogP contribution in [0.4, 0.5) is 0 Å². The zero-order valence-electron chi connectivity index (χ0n) is 5.35. The molecule has 0 saturated carbocycles. The lowest BCUT2D eigenvalue weighted by Gasteiger charge is -2.08. The maximum atomic E-state index is 8.30. The van der Waals surface area contributed by atoms with Crippen molar-refractivity contribution in [2.24, 2.45) is 0 Å². The van der Waals surface area contributed by atoms with Gasteiger partial charge in [0.1, 0.15) is 0 Å². The van der Waals surface area contributed by atoms with E-state index in [0.29, 0.717) is 0 Å². The molecule has 0 aliphatic rings. The van der Waals surface area contributed by atoms with Gasteiger partial charge in [0.2, 0.25) is 0 Å². The normalized spacial score (nSPS) is 12.0. The third-order valence-corrected chi connectivity index (χ3v) is 1.57. The quantitative estimate of drug-likeness (QED) is 0.596. The van der Waals surface area contributed by atoms with E-state index in [2.05, 4.69) is 0 Å². The fourth-order valence-electron chi connectivity index (χ4n) is 0.530.